The largest absolute Gasteiger partial charge is 0.411 e. The number of carbonyl (C=O) groups excluding carboxylic acids is 2. The van der Waals surface area contributed by atoms with Crippen LogP contribution in [0, 0.1) is 0 Å². The molecule has 1 aliphatic heterocycles. The van der Waals surface area contributed by atoms with Crippen molar-refractivity contribution < 1.29 is 40.7 Å². The summed E-state index contributed by atoms with van der Waals surface area (Å²) in [5.74, 6) is -2.45. The van der Waals surface area contributed by atoms with E-state index in [0.29, 0.717) is 29.7 Å². The average Bonchev–Trinajstić information content (AvgIpc) is 2.99. The smallest absolute Gasteiger partial charge is 0.386 e. The van der Waals surface area contributed by atoms with Crippen molar-refractivity contribution in [1.29, 1.82) is 0 Å². The number of allylic oxidation sites excluding steroid dienone is 1. The van der Waals surface area contributed by atoms with Gasteiger partial charge in [0.25, 0.3) is 0 Å². The average molecular weight is 454 g/mol. The van der Waals surface area contributed by atoms with Crippen molar-refractivity contribution in [2.24, 2.45) is 0 Å². The van der Waals surface area contributed by atoms with E-state index in [1.807, 2.05) is 0 Å². The number of halogens is 6. The Balaban J connectivity index is 2.40. The van der Waals surface area contributed by atoms with E-state index in [1.165, 1.54) is 0 Å². The van der Waals surface area contributed by atoms with Gasteiger partial charge in [-0.1, -0.05) is 44.4 Å². The minimum atomic E-state index is -5.85. The van der Waals surface area contributed by atoms with Crippen LogP contribution < -0.4 is 0 Å². The van der Waals surface area contributed by atoms with Gasteiger partial charge in [0.2, 0.25) is 5.41 Å². The summed E-state index contributed by atoms with van der Waals surface area (Å²) in [5, 5.41) is 0. The molecule has 0 saturated carbocycles. The lowest BCUT2D eigenvalue weighted by Crippen LogP contribution is -2.54. The molecule has 0 fully saturated rings. The zero-order valence-corrected chi connectivity index (χ0v) is 16.7. The third-order valence-corrected chi connectivity index (χ3v) is 5.44. The standard InChI is InChI=1S/C23H16F6O3/c1-4-12(3)16-8-6-14(10-13(16)5-2)21(22(24,25)26,23(27,28)29)15-7-9-17-18(11-15)20(31)32-19(17)30/h5-11H,2-4H2,1H3. The van der Waals surface area contributed by atoms with Gasteiger partial charge in [-0.15, -0.1) is 0 Å². The lowest BCUT2D eigenvalue weighted by molar-refractivity contribution is -0.288. The third-order valence-electron chi connectivity index (χ3n) is 5.44. The van der Waals surface area contributed by atoms with Crippen molar-refractivity contribution in [3.05, 3.63) is 82.9 Å². The molecule has 32 heavy (non-hydrogen) atoms. The van der Waals surface area contributed by atoms with Crippen LogP contribution in [-0.2, 0) is 10.2 Å². The molecule has 0 unspecified atom stereocenters. The lowest BCUT2D eigenvalue weighted by atomic mass is 9.71. The summed E-state index contributed by atoms with van der Waals surface area (Å²) in [6.07, 6.45) is -10.1. The van der Waals surface area contributed by atoms with Crippen LogP contribution >= 0.6 is 0 Å². The molecule has 0 spiro atoms. The number of benzene rings is 2. The van der Waals surface area contributed by atoms with Crippen molar-refractivity contribution in [3.8, 4) is 0 Å². The third kappa shape index (κ3) is 3.32. The first kappa shape index (κ1) is 23.3. The molecular weight excluding hydrogens is 438 g/mol. The van der Waals surface area contributed by atoms with Crippen LogP contribution in [0.3, 0.4) is 0 Å². The van der Waals surface area contributed by atoms with Crippen molar-refractivity contribution in [2.75, 3.05) is 0 Å². The van der Waals surface area contributed by atoms with E-state index < -0.39 is 52.0 Å². The van der Waals surface area contributed by atoms with Gasteiger partial charge >= 0.3 is 24.3 Å². The zero-order chi connectivity index (χ0) is 24.1. The molecule has 0 N–H and O–H groups in total. The van der Waals surface area contributed by atoms with Gasteiger partial charge in [0.05, 0.1) is 11.1 Å². The number of rotatable bonds is 5. The van der Waals surface area contributed by atoms with E-state index in [9.17, 15) is 35.9 Å². The minimum Gasteiger partial charge on any atom is -0.386 e. The van der Waals surface area contributed by atoms with Crippen LogP contribution in [0.25, 0.3) is 11.6 Å². The summed E-state index contributed by atoms with van der Waals surface area (Å²) in [6.45, 7) is 9.01. The number of hydrogen-bond donors (Lipinski definition) is 0. The minimum absolute atomic E-state index is 0.0444. The monoisotopic (exact) mass is 454 g/mol. The van der Waals surface area contributed by atoms with Gasteiger partial charge in [0, 0.05) is 0 Å². The lowest BCUT2D eigenvalue weighted by Gasteiger charge is -2.38. The Morgan fingerprint density at radius 3 is 1.97 bits per heavy atom. The van der Waals surface area contributed by atoms with Crippen LogP contribution in [-0.4, -0.2) is 24.3 Å². The Morgan fingerprint density at radius 1 is 0.906 bits per heavy atom. The maximum absolute atomic E-state index is 14.4. The van der Waals surface area contributed by atoms with Gasteiger partial charge in [-0.2, -0.15) is 26.3 Å². The predicted octanol–water partition coefficient (Wildman–Crippen LogP) is 6.47. The fourth-order valence-electron chi connectivity index (χ4n) is 3.78. The maximum Gasteiger partial charge on any atom is 0.411 e. The summed E-state index contributed by atoms with van der Waals surface area (Å²) in [4.78, 5) is 23.4. The second-order valence-corrected chi connectivity index (χ2v) is 7.15. The van der Waals surface area contributed by atoms with Crippen LogP contribution in [0.5, 0.6) is 0 Å². The molecule has 2 aromatic rings. The van der Waals surface area contributed by atoms with Crippen molar-refractivity contribution >= 4 is 23.6 Å². The van der Waals surface area contributed by atoms with Crippen LogP contribution in [0.2, 0.25) is 0 Å². The summed E-state index contributed by atoms with van der Waals surface area (Å²) in [7, 11) is 0. The van der Waals surface area contributed by atoms with Crippen molar-refractivity contribution in [1.82, 2.24) is 0 Å². The van der Waals surface area contributed by atoms with Gasteiger partial charge < -0.3 is 4.74 Å². The number of hydrogen-bond acceptors (Lipinski definition) is 3. The molecule has 0 atom stereocenters. The molecule has 9 heteroatoms. The molecule has 0 amide bonds. The van der Waals surface area contributed by atoms with E-state index in [0.717, 1.165) is 30.3 Å². The zero-order valence-electron chi connectivity index (χ0n) is 16.7. The molecular formula is C23H16F6O3. The van der Waals surface area contributed by atoms with Gasteiger partial charge in [-0.05, 0) is 52.4 Å². The first-order chi connectivity index (χ1) is 14.8. The molecule has 0 radical (unpaired) electrons. The summed E-state index contributed by atoms with van der Waals surface area (Å²) in [5.41, 5.74) is -7.00. The molecule has 1 heterocycles. The number of fused-ring (bicyclic) bond motifs is 1. The summed E-state index contributed by atoms with van der Waals surface area (Å²) in [6, 6.07) is 4.31. The van der Waals surface area contributed by atoms with Gasteiger partial charge in [-0.25, -0.2) is 9.59 Å². The first-order valence-corrected chi connectivity index (χ1v) is 9.29. The highest BCUT2D eigenvalue weighted by Crippen LogP contribution is 2.56. The van der Waals surface area contributed by atoms with E-state index in [2.05, 4.69) is 17.9 Å². The summed E-state index contributed by atoms with van der Waals surface area (Å²) >= 11 is 0. The normalized spacial score (nSPS) is 14.2. The number of ether oxygens (including phenoxy) is 1. The molecule has 3 nitrogen and oxygen atoms in total. The topological polar surface area (TPSA) is 43.4 Å². The van der Waals surface area contributed by atoms with E-state index in [1.54, 1.807) is 6.92 Å². The fourth-order valence-corrected chi connectivity index (χ4v) is 3.78. The highest BCUT2D eigenvalue weighted by atomic mass is 19.4. The van der Waals surface area contributed by atoms with Crippen molar-refractivity contribution in [3.63, 3.8) is 0 Å². The number of alkyl halides is 6. The maximum atomic E-state index is 14.4. The molecule has 0 bridgehead atoms. The van der Waals surface area contributed by atoms with E-state index >= 15 is 0 Å². The van der Waals surface area contributed by atoms with Crippen LogP contribution in [0.4, 0.5) is 26.3 Å². The summed E-state index contributed by atoms with van der Waals surface area (Å²) < 4.78 is 90.6. The van der Waals surface area contributed by atoms with Gasteiger partial charge in [-0.3, -0.25) is 0 Å². The highest BCUT2D eigenvalue weighted by molar-refractivity contribution is 6.14. The van der Waals surface area contributed by atoms with Crippen LogP contribution in [0.15, 0.2) is 49.6 Å². The second-order valence-electron chi connectivity index (χ2n) is 7.15. The van der Waals surface area contributed by atoms with E-state index in [4.69, 9.17) is 0 Å². The number of esters is 2. The van der Waals surface area contributed by atoms with Crippen molar-refractivity contribution in [2.45, 2.75) is 31.1 Å². The van der Waals surface area contributed by atoms with Crippen LogP contribution in [0.1, 0.15) is 56.3 Å². The van der Waals surface area contributed by atoms with Gasteiger partial charge in [0.1, 0.15) is 0 Å². The molecule has 2 aromatic carbocycles. The second kappa shape index (κ2) is 7.65. The molecule has 0 aliphatic carbocycles. The van der Waals surface area contributed by atoms with Gasteiger partial charge in [0.15, 0.2) is 0 Å². The SMILES string of the molecule is C=Cc1cc(C(c2ccc3c(c2)C(=O)OC3=O)(C(F)(F)F)C(F)(F)F)ccc1C(=C)CC. The molecule has 1 aliphatic rings. The molecule has 168 valence electrons. The Bertz CT molecular complexity index is 1130. The quantitative estimate of drug-likeness (QED) is 0.295. The Morgan fingerprint density at radius 2 is 1.44 bits per heavy atom. The molecule has 0 saturated heterocycles. The molecule has 0 aromatic heterocycles. The fraction of sp³-hybridized carbons (Fsp3) is 0.217. The molecule has 3 rings (SSSR count). The van der Waals surface area contributed by atoms with E-state index in [-0.39, 0.29) is 5.56 Å². The number of cyclic esters (lactones) is 2. The Kier molecular flexibility index (Phi) is 5.57. The number of carbonyl (C=O) groups is 2. The first-order valence-electron chi connectivity index (χ1n) is 9.29. The highest BCUT2D eigenvalue weighted by Gasteiger charge is 2.72. The predicted molar refractivity (Wildman–Crippen MR) is 105 cm³/mol. The Hall–Kier alpha value is -3.36. The Labute approximate surface area is 179 Å².